The van der Waals surface area contributed by atoms with E-state index in [-0.39, 0.29) is 0 Å². The maximum atomic E-state index is 6.23. The largest absolute Gasteiger partial charge is 0.456 e. The third-order valence-electron chi connectivity index (χ3n) is 14.7. The molecule has 0 amide bonds. The summed E-state index contributed by atoms with van der Waals surface area (Å²) in [5.74, 6) is 0. The molecule has 0 aliphatic heterocycles. The molecule has 324 valence electrons. The van der Waals surface area contributed by atoms with Crippen LogP contribution in [0.2, 0.25) is 0 Å². The van der Waals surface area contributed by atoms with Crippen molar-refractivity contribution in [2.24, 2.45) is 0 Å². The van der Waals surface area contributed by atoms with Gasteiger partial charge in [0.2, 0.25) is 0 Å². The quantitative estimate of drug-likeness (QED) is 0.161. The van der Waals surface area contributed by atoms with Gasteiger partial charge in [-0.3, -0.25) is 0 Å². The fraction of sp³-hybridized carbons (Fsp3) is 0. The normalized spacial score (nSPS) is 12.0. The van der Waals surface area contributed by atoms with Crippen molar-refractivity contribution in [2.75, 3.05) is 0 Å². The number of rotatable bonds is 5. The van der Waals surface area contributed by atoms with E-state index in [2.05, 4.69) is 235 Å². The van der Waals surface area contributed by atoms with Crippen molar-refractivity contribution in [1.29, 1.82) is 0 Å². The Kier molecular flexibility index (Phi) is 8.36. The van der Waals surface area contributed by atoms with E-state index in [1.54, 1.807) is 0 Å². The molecule has 0 aliphatic carbocycles. The summed E-state index contributed by atoms with van der Waals surface area (Å²) >= 11 is 0. The highest BCUT2D eigenvalue weighted by Gasteiger charge is 2.21. The fourth-order valence-electron chi connectivity index (χ4n) is 11.5. The number of nitrogens with zero attached hydrogens (tertiary/aromatic N) is 2. The zero-order valence-electron chi connectivity index (χ0n) is 37.9. The predicted molar refractivity (Wildman–Crippen MR) is 295 cm³/mol. The zero-order chi connectivity index (χ0) is 45.9. The number of para-hydroxylation sites is 1. The maximum Gasteiger partial charge on any atom is 0.135 e. The third kappa shape index (κ3) is 5.92. The Morgan fingerprint density at radius 1 is 0.271 bits per heavy atom. The number of hydrogen-bond acceptors (Lipinski definition) is 2. The van der Waals surface area contributed by atoms with Crippen LogP contribution in [0.5, 0.6) is 0 Å². The molecule has 15 rings (SSSR count). The third-order valence-corrected chi connectivity index (χ3v) is 14.7. The molecule has 0 radical (unpaired) electrons. The molecule has 3 heteroatoms. The average Bonchev–Trinajstić information content (AvgIpc) is 3.97. The summed E-state index contributed by atoms with van der Waals surface area (Å²) in [7, 11) is 0. The van der Waals surface area contributed by atoms with Gasteiger partial charge >= 0.3 is 0 Å². The Bertz CT molecular complexity index is 4540. The number of furan rings is 1. The highest BCUT2D eigenvalue weighted by Crippen LogP contribution is 2.44. The van der Waals surface area contributed by atoms with Gasteiger partial charge in [0, 0.05) is 32.7 Å². The number of benzene rings is 12. The van der Waals surface area contributed by atoms with Crippen LogP contribution in [0.15, 0.2) is 247 Å². The van der Waals surface area contributed by atoms with Gasteiger partial charge < -0.3 is 8.98 Å². The lowest BCUT2D eigenvalue weighted by Crippen LogP contribution is -1.99. The number of fused-ring (bicyclic) bond motifs is 14. The maximum absolute atomic E-state index is 6.23. The Morgan fingerprint density at radius 2 is 0.757 bits per heavy atom. The summed E-state index contributed by atoms with van der Waals surface area (Å²) in [4.78, 5) is 5.56. The number of aromatic nitrogens is 2. The summed E-state index contributed by atoms with van der Waals surface area (Å²) < 4.78 is 8.71. The van der Waals surface area contributed by atoms with E-state index in [1.165, 1.54) is 86.9 Å². The Hall–Kier alpha value is -9.31. The second-order valence-electron chi connectivity index (χ2n) is 18.6. The van der Waals surface area contributed by atoms with Crippen molar-refractivity contribution in [3.05, 3.63) is 243 Å². The summed E-state index contributed by atoms with van der Waals surface area (Å²) in [5.41, 5.74) is 14.0. The predicted octanol–water partition coefficient (Wildman–Crippen LogP) is 18.5. The van der Waals surface area contributed by atoms with Gasteiger partial charge in [-0.25, -0.2) is 4.98 Å². The van der Waals surface area contributed by atoms with E-state index in [0.717, 1.165) is 61.2 Å². The molecule has 0 unspecified atom stereocenters. The summed E-state index contributed by atoms with van der Waals surface area (Å²) in [5, 5.41) is 16.8. The number of pyridine rings is 1. The smallest absolute Gasteiger partial charge is 0.135 e. The van der Waals surface area contributed by atoms with Crippen molar-refractivity contribution < 1.29 is 4.42 Å². The minimum Gasteiger partial charge on any atom is -0.456 e. The molecule has 0 bridgehead atoms. The second kappa shape index (κ2) is 15.1. The van der Waals surface area contributed by atoms with Crippen LogP contribution in [0.1, 0.15) is 0 Å². The van der Waals surface area contributed by atoms with Crippen LogP contribution in [0.3, 0.4) is 0 Å². The van der Waals surface area contributed by atoms with Crippen LogP contribution in [0, 0.1) is 0 Å². The molecule has 70 heavy (non-hydrogen) atoms. The molecule has 15 aromatic rings. The number of hydrogen-bond donors (Lipinski definition) is 0. The zero-order valence-corrected chi connectivity index (χ0v) is 37.9. The molecule has 0 saturated carbocycles. The second-order valence-corrected chi connectivity index (χ2v) is 18.6. The van der Waals surface area contributed by atoms with Gasteiger partial charge in [0.05, 0.1) is 28.1 Å². The summed E-state index contributed by atoms with van der Waals surface area (Å²) in [6.07, 6.45) is 0. The molecule has 0 saturated heterocycles. The van der Waals surface area contributed by atoms with Gasteiger partial charge in [-0.15, -0.1) is 0 Å². The highest BCUT2D eigenvalue weighted by molar-refractivity contribution is 6.29. The molecule has 3 heterocycles. The Morgan fingerprint density at radius 3 is 1.47 bits per heavy atom. The molecule has 0 spiro atoms. The first kappa shape index (κ1) is 38.8. The van der Waals surface area contributed by atoms with Gasteiger partial charge in [0.25, 0.3) is 0 Å². The molecule has 3 nitrogen and oxygen atoms in total. The first-order chi connectivity index (χ1) is 34.7. The van der Waals surface area contributed by atoms with Gasteiger partial charge in [0.15, 0.2) is 0 Å². The van der Waals surface area contributed by atoms with E-state index in [1.807, 2.05) is 12.1 Å². The van der Waals surface area contributed by atoms with Crippen molar-refractivity contribution in [1.82, 2.24) is 9.55 Å². The Labute approximate surface area is 402 Å². The molecule has 0 aliphatic rings. The molecular formula is C67H40N2O. The topological polar surface area (TPSA) is 31.0 Å². The van der Waals surface area contributed by atoms with Crippen LogP contribution in [-0.4, -0.2) is 9.55 Å². The Balaban J connectivity index is 1.02. The van der Waals surface area contributed by atoms with Crippen molar-refractivity contribution in [3.8, 4) is 50.5 Å². The van der Waals surface area contributed by atoms with Crippen LogP contribution in [-0.2, 0) is 0 Å². The minimum absolute atomic E-state index is 0.905. The lowest BCUT2D eigenvalue weighted by atomic mass is 9.91. The highest BCUT2D eigenvalue weighted by atomic mass is 16.3. The molecule has 0 atom stereocenters. The van der Waals surface area contributed by atoms with E-state index < -0.39 is 0 Å². The van der Waals surface area contributed by atoms with Gasteiger partial charge in [-0.05, 0) is 137 Å². The molecule has 3 aromatic heterocycles. The van der Waals surface area contributed by atoms with E-state index in [4.69, 9.17) is 9.40 Å². The first-order valence-corrected chi connectivity index (χ1v) is 24.0. The van der Waals surface area contributed by atoms with Crippen molar-refractivity contribution in [2.45, 2.75) is 0 Å². The molecular weight excluding hydrogens is 849 g/mol. The van der Waals surface area contributed by atoms with E-state index in [0.29, 0.717) is 0 Å². The van der Waals surface area contributed by atoms with Crippen molar-refractivity contribution >= 4 is 97.6 Å². The molecule has 0 fully saturated rings. The standard InChI is InChI=1S/C67H40N2O/c1-2-14-41(15-3-1)44-29-32-64-59(35-44)60-39-57-52-31-28-45(46-30-33-67-61(36-46)55-24-10-11-27-66(55)70-67)34-56(52)50-22-8-9-23-51(50)58(57)40-65(60)69(64)47-37-62(53-25-12-18-42-16-4-6-20-48(42)53)68-63(38-47)54-26-13-19-43-17-5-7-21-49(43)54/h1-40H. The van der Waals surface area contributed by atoms with Crippen LogP contribution in [0.25, 0.3) is 148 Å². The van der Waals surface area contributed by atoms with Crippen LogP contribution >= 0.6 is 0 Å². The van der Waals surface area contributed by atoms with Crippen LogP contribution < -0.4 is 0 Å². The summed E-state index contributed by atoms with van der Waals surface area (Å²) in [6.45, 7) is 0. The van der Waals surface area contributed by atoms with E-state index >= 15 is 0 Å². The van der Waals surface area contributed by atoms with E-state index in [9.17, 15) is 0 Å². The fourth-order valence-corrected chi connectivity index (χ4v) is 11.5. The monoisotopic (exact) mass is 888 g/mol. The van der Waals surface area contributed by atoms with Crippen LogP contribution in [0.4, 0.5) is 0 Å². The van der Waals surface area contributed by atoms with Gasteiger partial charge in [0.1, 0.15) is 11.2 Å². The first-order valence-electron chi connectivity index (χ1n) is 24.0. The SMILES string of the molecule is c1ccc(-c2ccc3c(c2)c2cc4c5ccc(-c6ccc7oc8ccccc8c7c6)cc5c5ccccc5c4cc2n3-c2cc(-c3cccc4ccccc34)nc(-c3cccc4ccccc34)c2)cc1. The van der Waals surface area contributed by atoms with Gasteiger partial charge in [-0.2, -0.15) is 0 Å². The average molecular weight is 889 g/mol. The van der Waals surface area contributed by atoms with Gasteiger partial charge in [-0.1, -0.05) is 182 Å². The minimum atomic E-state index is 0.905. The lowest BCUT2D eigenvalue weighted by molar-refractivity contribution is 0.669. The van der Waals surface area contributed by atoms with Crippen molar-refractivity contribution in [3.63, 3.8) is 0 Å². The molecule has 12 aromatic carbocycles. The molecule has 0 N–H and O–H groups in total. The summed E-state index contributed by atoms with van der Waals surface area (Å²) in [6, 6.07) is 88.5. The lowest BCUT2D eigenvalue weighted by Gasteiger charge is -2.16.